The van der Waals surface area contributed by atoms with Crippen LogP contribution in [-0.4, -0.2) is 23.7 Å². The van der Waals surface area contributed by atoms with E-state index < -0.39 is 5.54 Å². The molecule has 5 heteroatoms. The Hall–Kier alpha value is -2.14. The van der Waals surface area contributed by atoms with E-state index in [1.807, 2.05) is 36.0 Å². The second-order valence-electron chi connectivity index (χ2n) is 6.00. The highest BCUT2D eigenvalue weighted by atomic mass is 19.1. The Morgan fingerprint density at radius 2 is 1.83 bits per heavy atom. The van der Waals surface area contributed by atoms with E-state index in [4.69, 9.17) is 4.74 Å². The van der Waals surface area contributed by atoms with Gasteiger partial charge in [-0.2, -0.15) is 0 Å². The fraction of sp³-hybridized carbons (Fsp3) is 0.389. The van der Waals surface area contributed by atoms with E-state index in [1.54, 1.807) is 12.1 Å². The molecule has 0 bridgehead atoms. The molecule has 1 fully saturated rings. The van der Waals surface area contributed by atoms with Gasteiger partial charge in [-0.15, -0.1) is 0 Å². The van der Waals surface area contributed by atoms with E-state index in [1.165, 1.54) is 12.1 Å². The zero-order chi connectivity index (χ0) is 16.3. The van der Waals surface area contributed by atoms with Gasteiger partial charge in [0.25, 0.3) is 0 Å². The minimum atomic E-state index is -0.496. The average molecular weight is 316 g/mol. The van der Waals surface area contributed by atoms with Crippen LogP contribution in [-0.2, 0) is 15.1 Å². The van der Waals surface area contributed by atoms with Crippen LogP contribution in [0.15, 0.2) is 48.8 Å². The first-order chi connectivity index (χ1) is 11.1. The molecule has 0 spiro atoms. The summed E-state index contributed by atoms with van der Waals surface area (Å²) in [6.07, 6.45) is 5.11. The van der Waals surface area contributed by atoms with Gasteiger partial charge in [0.05, 0.1) is 5.54 Å². The molecule has 1 aliphatic rings. The quantitative estimate of drug-likeness (QED) is 0.942. The number of rotatable bonds is 4. The van der Waals surface area contributed by atoms with Gasteiger partial charge in [0.1, 0.15) is 11.9 Å². The van der Waals surface area contributed by atoms with Crippen LogP contribution in [0, 0.1) is 5.82 Å². The highest BCUT2D eigenvalue weighted by Gasteiger charge is 2.37. The van der Waals surface area contributed by atoms with Gasteiger partial charge in [0.2, 0.25) is 5.91 Å². The number of aromatic nitrogens is 1. The molecular formula is C18H21FN2O2. The maximum atomic E-state index is 13.2. The number of halogens is 1. The van der Waals surface area contributed by atoms with E-state index in [0.29, 0.717) is 26.1 Å². The Morgan fingerprint density at radius 1 is 1.22 bits per heavy atom. The number of nitrogens with one attached hydrogen (secondary N) is 1. The van der Waals surface area contributed by atoms with Crippen LogP contribution in [0.3, 0.4) is 0 Å². The van der Waals surface area contributed by atoms with Crippen LogP contribution < -0.4 is 5.32 Å². The van der Waals surface area contributed by atoms with Gasteiger partial charge in [-0.1, -0.05) is 12.1 Å². The lowest BCUT2D eigenvalue weighted by Crippen LogP contribution is -2.51. The Labute approximate surface area is 135 Å². The molecule has 1 aliphatic heterocycles. The van der Waals surface area contributed by atoms with Gasteiger partial charge in [-0.05, 0) is 49.6 Å². The van der Waals surface area contributed by atoms with Gasteiger partial charge in [-0.3, -0.25) is 4.79 Å². The maximum absolute atomic E-state index is 13.2. The molecule has 0 aliphatic carbocycles. The first kappa shape index (κ1) is 15.7. The van der Waals surface area contributed by atoms with Crippen molar-refractivity contribution >= 4 is 5.91 Å². The molecule has 0 radical (unpaired) electrons. The summed E-state index contributed by atoms with van der Waals surface area (Å²) in [5.74, 6) is -0.324. The molecule has 3 rings (SSSR count). The van der Waals surface area contributed by atoms with Crippen LogP contribution in [0.25, 0.3) is 0 Å². The second-order valence-corrected chi connectivity index (χ2v) is 6.00. The molecule has 2 aromatic rings. The smallest absolute Gasteiger partial charge is 0.243 e. The van der Waals surface area contributed by atoms with Crippen LogP contribution >= 0.6 is 0 Å². The predicted octanol–water partition coefficient (Wildman–Crippen LogP) is 3.01. The SMILES string of the molecule is C[C@H](C(=O)NC1(c2ccc(F)cc2)CCOCC1)n1cccc1. The van der Waals surface area contributed by atoms with E-state index in [9.17, 15) is 9.18 Å². The third-order valence-electron chi connectivity index (χ3n) is 4.56. The van der Waals surface area contributed by atoms with Crippen molar-refractivity contribution in [2.45, 2.75) is 31.3 Å². The molecule has 0 unspecified atom stereocenters. The van der Waals surface area contributed by atoms with Gasteiger partial charge in [0.15, 0.2) is 0 Å². The molecule has 122 valence electrons. The lowest BCUT2D eigenvalue weighted by atomic mass is 9.82. The zero-order valence-electron chi connectivity index (χ0n) is 13.2. The standard InChI is InChI=1S/C18H21FN2O2/c1-14(21-10-2-3-11-21)17(22)20-18(8-12-23-13-9-18)15-4-6-16(19)7-5-15/h2-7,10-11,14H,8-9,12-13H2,1H3,(H,20,22)/t14-/m1/s1. The summed E-state index contributed by atoms with van der Waals surface area (Å²) >= 11 is 0. The normalized spacial score (nSPS) is 18.3. The highest BCUT2D eigenvalue weighted by Crippen LogP contribution is 2.33. The number of amides is 1. The fourth-order valence-corrected chi connectivity index (χ4v) is 3.06. The molecule has 1 N–H and O–H groups in total. The molecule has 2 heterocycles. The fourth-order valence-electron chi connectivity index (χ4n) is 3.06. The van der Waals surface area contributed by atoms with E-state index in [2.05, 4.69) is 5.32 Å². The Bertz CT molecular complexity index is 646. The van der Waals surface area contributed by atoms with Crippen molar-refractivity contribution in [3.8, 4) is 0 Å². The number of carbonyl (C=O) groups is 1. The molecule has 1 aromatic heterocycles. The second kappa shape index (κ2) is 6.54. The van der Waals surface area contributed by atoms with Crippen molar-refractivity contribution in [3.05, 3.63) is 60.2 Å². The van der Waals surface area contributed by atoms with Crippen LogP contribution in [0.1, 0.15) is 31.4 Å². The Balaban J connectivity index is 1.84. The Morgan fingerprint density at radius 3 is 2.43 bits per heavy atom. The largest absolute Gasteiger partial charge is 0.381 e. The topological polar surface area (TPSA) is 43.3 Å². The number of hydrogen-bond acceptors (Lipinski definition) is 2. The zero-order valence-corrected chi connectivity index (χ0v) is 13.2. The number of nitrogens with zero attached hydrogens (tertiary/aromatic N) is 1. The summed E-state index contributed by atoms with van der Waals surface area (Å²) in [5.41, 5.74) is 0.431. The summed E-state index contributed by atoms with van der Waals surface area (Å²) in [5, 5.41) is 3.19. The predicted molar refractivity (Wildman–Crippen MR) is 85.4 cm³/mol. The van der Waals surface area contributed by atoms with Crippen LogP contribution in [0.2, 0.25) is 0 Å². The third kappa shape index (κ3) is 3.29. The first-order valence-corrected chi connectivity index (χ1v) is 7.89. The van der Waals surface area contributed by atoms with Crippen LogP contribution in [0.4, 0.5) is 4.39 Å². The van der Waals surface area contributed by atoms with Crippen molar-refractivity contribution in [2.24, 2.45) is 0 Å². The number of hydrogen-bond donors (Lipinski definition) is 1. The maximum Gasteiger partial charge on any atom is 0.243 e. The minimum Gasteiger partial charge on any atom is -0.381 e. The average Bonchev–Trinajstić information content (AvgIpc) is 3.10. The first-order valence-electron chi connectivity index (χ1n) is 7.89. The highest BCUT2D eigenvalue weighted by molar-refractivity contribution is 5.81. The molecule has 0 saturated carbocycles. The van der Waals surface area contributed by atoms with Crippen molar-refractivity contribution in [2.75, 3.05) is 13.2 Å². The number of ether oxygens (including phenoxy) is 1. The molecule has 23 heavy (non-hydrogen) atoms. The van der Waals surface area contributed by atoms with Gasteiger partial charge in [-0.25, -0.2) is 4.39 Å². The summed E-state index contributed by atoms with van der Waals surface area (Å²) < 4.78 is 20.6. The molecule has 4 nitrogen and oxygen atoms in total. The summed E-state index contributed by atoms with van der Waals surface area (Å²) in [7, 11) is 0. The molecule has 1 aromatic carbocycles. The summed E-state index contributed by atoms with van der Waals surface area (Å²) in [4.78, 5) is 12.7. The molecular weight excluding hydrogens is 295 g/mol. The van der Waals surface area contributed by atoms with Gasteiger partial charge < -0.3 is 14.6 Å². The van der Waals surface area contributed by atoms with E-state index >= 15 is 0 Å². The molecule has 1 amide bonds. The van der Waals surface area contributed by atoms with Crippen molar-refractivity contribution in [3.63, 3.8) is 0 Å². The molecule has 1 saturated heterocycles. The lowest BCUT2D eigenvalue weighted by molar-refractivity contribution is -0.127. The number of benzene rings is 1. The monoisotopic (exact) mass is 316 g/mol. The van der Waals surface area contributed by atoms with Crippen LogP contribution in [0.5, 0.6) is 0 Å². The lowest BCUT2D eigenvalue weighted by Gasteiger charge is -2.39. The van der Waals surface area contributed by atoms with Gasteiger partial charge in [0, 0.05) is 25.6 Å². The van der Waals surface area contributed by atoms with E-state index in [0.717, 1.165) is 5.56 Å². The van der Waals surface area contributed by atoms with Crippen molar-refractivity contribution < 1.29 is 13.9 Å². The molecule has 1 atom stereocenters. The minimum absolute atomic E-state index is 0.0487. The number of carbonyl (C=O) groups excluding carboxylic acids is 1. The van der Waals surface area contributed by atoms with Crippen molar-refractivity contribution in [1.29, 1.82) is 0 Å². The van der Waals surface area contributed by atoms with Crippen molar-refractivity contribution in [1.82, 2.24) is 9.88 Å². The third-order valence-corrected chi connectivity index (χ3v) is 4.56. The summed E-state index contributed by atoms with van der Waals surface area (Å²) in [6, 6.07) is 9.87. The Kier molecular flexibility index (Phi) is 4.48. The van der Waals surface area contributed by atoms with Gasteiger partial charge >= 0.3 is 0 Å². The summed E-state index contributed by atoms with van der Waals surface area (Å²) in [6.45, 7) is 3.03. The van der Waals surface area contributed by atoms with E-state index in [-0.39, 0.29) is 17.8 Å².